The monoisotopic (exact) mass is 387 g/mol. The molecule has 0 aromatic heterocycles. The van der Waals surface area contributed by atoms with E-state index in [0.717, 1.165) is 16.7 Å². The van der Waals surface area contributed by atoms with E-state index in [1.807, 2.05) is 25.1 Å². The fraction of sp³-hybridized carbons (Fsp3) is 0.286. The van der Waals surface area contributed by atoms with Gasteiger partial charge in [-0.2, -0.15) is 0 Å². The Hall–Kier alpha value is -2.31. The first kappa shape index (κ1) is 19.5. The van der Waals surface area contributed by atoms with E-state index in [2.05, 4.69) is 12.6 Å². The largest absolute Gasteiger partial charge is 0.488 e. The average molecular weight is 387 g/mol. The van der Waals surface area contributed by atoms with Gasteiger partial charge in [-0.1, -0.05) is 24.3 Å². The summed E-state index contributed by atoms with van der Waals surface area (Å²) >= 11 is 4.42. The SMILES string of the molecule is Cc1cccc(OCc2ccc(F)cc2)c1/C=C(\S)C(=O)N1CCOCC1. The second-order valence-corrected chi connectivity index (χ2v) is 6.82. The van der Waals surface area contributed by atoms with Crippen molar-refractivity contribution in [2.45, 2.75) is 13.5 Å². The lowest BCUT2D eigenvalue weighted by Crippen LogP contribution is -2.40. The van der Waals surface area contributed by atoms with Crippen molar-refractivity contribution in [3.05, 3.63) is 69.9 Å². The third-order valence-corrected chi connectivity index (χ3v) is 4.71. The topological polar surface area (TPSA) is 38.8 Å². The fourth-order valence-electron chi connectivity index (χ4n) is 2.83. The Bertz CT molecular complexity index is 830. The van der Waals surface area contributed by atoms with Crippen molar-refractivity contribution in [2.24, 2.45) is 0 Å². The van der Waals surface area contributed by atoms with E-state index in [4.69, 9.17) is 9.47 Å². The Balaban J connectivity index is 1.77. The highest BCUT2D eigenvalue weighted by Gasteiger charge is 2.19. The van der Waals surface area contributed by atoms with E-state index in [1.165, 1.54) is 12.1 Å². The minimum Gasteiger partial charge on any atom is -0.488 e. The van der Waals surface area contributed by atoms with Crippen molar-refractivity contribution in [1.82, 2.24) is 4.90 Å². The Morgan fingerprint density at radius 3 is 2.63 bits per heavy atom. The number of halogens is 1. The molecule has 1 aliphatic rings. The molecule has 0 spiro atoms. The van der Waals surface area contributed by atoms with Crippen LogP contribution in [0.25, 0.3) is 6.08 Å². The summed E-state index contributed by atoms with van der Waals surface area (Å²) in [6.07, 6.45) is 1.75. The molecule has 1 amide bonds. The fourth-order valence-corrected chi connectivity index (χ4v) is 3.10. The zero-order valence-electron chi connectivity index (χ0n) is 15.2. The van der Waals surface area contributed by atoms with Gasteiger partial charge in [-0.05, 0) is 42.3 Å². The van der Waals surface area contributed by atoms with E-state index in [0.29, 0.717) is 43.6 Å². The minimum atomic E-state index is -0.278. The third-order valence-electron chi connectivity index (χ3n) is 4.39. The van der Waals surface area contributed by atoms with E-state index in [-0.39, 0.29) is 11.7 Å². The molecule has 27 heavy (non-hydrogen) atoms. The van der Waals surface area contributed by atoms with Gasteiger partial charge in [0, 0.05) is 18.7 Å². The zero-order chi connectivity index (χ0) is 19.2. The van der Waals surface area contributed by atoms with Gasteiger partial charge in [0.15, 0.2) is 0 Å². The van der Waals surface area contributed by atoms with Crippen molar-refractivity contribution in [3.63, 3.8) is 0 Å². The van der Waals surface area contributed by atoms with Crippen molar-refractivity contribution in [3.8, 4) is 5.75 Å². The minimum absolute atomic E-state index is 0.116. The Morgan fingerprint density at radius 2 is 1.93 bits per heavy atom. The summed E-state index contributed by atoms with van der Waals surface area (Å²) in [6.45, 7) is 4.49. The number of rotatable bonds is 5. The highest BCUT2D eigenvalue weighted by Crippen LogP contribution is 2.27. The van der Waals surface area contributed by atoms with Gasteiger partial charge < -0.3 is 14.4 Å². The second-order valence-electron chi connectivity index (χ2n) is 6.34. The molecule has 0 N–H and O–H groups in total. The lowest BCUT2D eigenvalue weighted by molar-refractivity contribution is -0.130. The van der Waals surface area contributed by atoms with Crippen LogP contribution < -0.4 is 4.74 Å². The predicted octanol–water partition coefficient (Wildman–Crippen LogP) is 3.84. The van der Waals surface area contributed by atoms with Crippen LogP contribution in [0, 0.1) is 12.7 Å². The molecule has 1 fully saturated rings. The molecule has 0 unspecified atom stereocenters. The summed E-state index contributed by atoms with van der Waals surface area (Å²) in [6, 6.07) is 11.9. The molecule has 2 aromatic carbocycles. The van der Waals surface area contributed by atoms with Crippen molar-refractivity contribution in [1.29, 1.82) is 0 Å². The molecule has 6 heteroatoms. The molecule has 1 saturated heterocycles. The predicted molar refractivity (Wildman–Crippen MR) is 106 cm³/mol. The molecule has 1 aliphatic heterocycles. The number of amides is 1. The summed E-state index contributed by atoms with van der Waals surface area (Å²) in [5.41, 5.74) is 2.66. The number of morpholine rings is 1. The Labute approximate surface area is 164 Å². The number of carbonyl (C=O) groups excluding carboxylic acids is 1. The number of aryl methyl sites for hydroxylation is 1. The van der Waals surface area contributed by atoms with Crippen LogP contribution >= 0.6 is 12.6 Å². The molecule has 0 saturated carbocycles. The first-order valence-electron chi connectivity index (χ1n) is 8.79. The van der Waals surface area contributed by atoms with Gasteiger partial charge in [0.05, 0.1) is 18.1 Å². The summed E-state index contributed by atoms with van der Waals surface area (Å²) < 4.78 is 24.2. The van der Waals surface area contributed by atoms with Gasteiger partial charge in [0.2, 0.25) is 0 Å². The van der Waals surface area contributed by atoms with Crippen LogP contribution in [-0.4, -0.2) is 37.1 Å². The number of benzene rings is 2. The number of hydrogen-bond donors (Lipinski definition) is 1. The quantitative estimate of drug-likeness (QED) is 0.626. The Kier molecular flexibility index (Phi) is 6.53. The van der Waals surface area contributed by atoms with Crippen molar-refractivity contribution < 1.29 is 18.7 Å². The maximum atomic E-state index is 13.0. The van der Waals surface area contributed by atoms with Crippen LogP contribution in [0.1, 0.15) is 16.7 Å². The maximum Gasteiger partial charge on any atom is 0.260 e. The molecule has 1 heterocycles. The molecule has 0 atom stereocenters. The second kappa shape index (κ2) is 9.06. The van der Waals surface area contributed by atoms with E-state index in [9.17, 15) is 9.18 Å². The van der Waals surface area contributed by atoms with Gasteiger partial charge >= 0.3 is 0 Å². The first-order valence-corrected chi connectivity index (χ1v) is 9.24. The van der Waals surface area contributed by atoms with Gasteiger partial charge in [-0.25, -0.2) is 4.39 Å². The molecule has 0 bridgehead atoms. The van der Waals surface area contributed by atoms with Crippen LogP contribution in [0.3, 0.4) is 0 Å². The van der Waals surface area contributed by atoms with E-state index >= 15 is 0 Å². The lowest BCUT2D eigenvalue weighted by Gasteiger charge is -2.26. The number of thiol groups is 1. The summed E-state index contributed by atoms with van der Waals surface area (Å²) in [4.78, 5) is 14.7. The summed E-state index contributed by atoms with van der Waals surface area (Å²) in [7, 11) is 0. The highest BCUT2D eigenvalue weighted by atomic mass is 32.1. The van der Waals surface area contributed by atoms with Gasteiger partial charge in [-0.15, -0.1) is 12.6 Å². The molecular formula is C21H22FNO3S. The van der Waals surface area contributed by atoms with Gasteiger partial charge in [0.1, 0.15) is 18.2 Å². The first-order chi connectivity index (χ1) is 13.0. The van der Waals surface area contributed by atoms with Crippen molar-refractivity contribution in [2.75, 3.05) is 26.3 Å². The summed E-state index contributed by atoms with van der Waals surface area (Å²) in [5, 5.41) is 0. The number of hydrogen-bond acceptors (Lipinski definition) is 4. The number of nitrogens with zero attached hydrogens (tertiary/aromatic N) is 1. The number of carbonyl (C=O) groups is 1. The van der Waals surface area contributed by atoms with E-state index in [1.54, 1.807) is 23.1 Å². The lowest BCUT2D eigenvalue weighted by atomic mass is 10.1. The van der Waals surface area contributed by atoms with Crippen LogP contribution in [-0.2, 0) is 16.1 Å². The van der Waals surface area contributed by atoms with Gasteiger partial charge in [-0.3, -0.25) is 4.79 Å². The van der Waals surface area contributed by atoms with Crippen LogP contribution in [0.15, 0.2) is 47.4 Å². The summed E-state index contributed by atoms with van der Waals surface area (Å²) in [5.74, 6) is 0.259. The average Bonchev–Trinajstić information content (AvgIpc) is 2.69. The highest BCUT2D eigenvalue weighted by molar-refractivity contribution is 7.85. The molecular weight excluding hydrogens is 365 g/mol. The standard InChI is InChI=1S/C21H22FNO3S/c1-15-3-2-4-19(26-14-16-5-7-17(22)8-6-16)18(15)13-20(27)21(24)23-9-11-25-12-10-23/h2-8,13,27H,9-12,14H2,1H3/b20-13-. The molecule has 4 nitrogen and oxygen atoms in total. The van der Waals surface area contributed by atoms with Crippen molar-refractivity contribution >= 4 is 24.6 Å². The number of ether oxygens (including phenoxy) is 2. The zero-order valence-corrected chi connectivity index (χ0v) is 16.0. The molecule has 0 aliphatic carbocycles. The van der Waals surface area contributed by atoms with E-state index < -0.39 is 0 Å². The molecule has 3 rings (SSSR count). The van der Waals surface area contributed by atoms with Crippen LogP contribution in [0.4, 0.5) is 4.39 Å². The molecule has 0 radical (unpaired) electrons. The smallest absolute Gasteiger partial charge is 0.260 e. The Morgan fingerprint density at radius 1 is 1.22 bits per heavy atom. The maximum absolute atomic E-state index is 13.0. The van der Waals surface area contributed by atoms with Crippen LogP contribution in [0.5, 0.6) is 5.75 Å². The van der Waals surface area contributed by atoms with Crippen LogP contribution in [0.2, 0.25) is 0 Å². The van der Waals surface area contributed by atoms with Gasteiger partial charge in [0.25, 0.3) is 5.91 Å². The third kappa shape index (κ3) is 5.11. The normalized spacial score (nSPS) is 14.9. The molecule has 2 aromatic rings. The molecule has 142 valence electrons.